The first-order chi connectivity index (χ1) is 10.6. The lowest BCUT2D eigenvalue weighted by atomic mass is 9.98. The Hall–Kier alpha value is -1.14. The van der Waals surface area contributed by atoms with Crippen molar-refractivity contribution in [3.05, 3.63) is 46.5 Å². The normalized spacial score (nSPS) is 26.3. The summed E-state index contributed by atoms with van der Waals surface area (Å²) in [7, 11) is 0. The van der Waals surface area contributed by atoms with Gasteiger partial charge in [0, 0.05) is 10.6 Å². The molecular formula is C15H17Cl2N3O2. The van der Waals surface area contributed by atoms with Gasteiger partial charge in [0.1, 0.15) is 18.7 Å². The fourth-order valence-corrected chi connectivity index (χ4v) is 3.22. The molecule has 1 saturated heterocycles. The zero-order valence-corrected chi connectivity index (χ0v) is 13.9. The van der Waals surface area contributed by atoms with Crippen LogP contribution in [0.4, 0.5) is 0 Å². The van der Waals surface area contributed by atoms with Gasteiger partial charge in [-0.25, -0.2) is 9.67 Å². The van der Waals surface area contributed by atoms with Crippen molar-refractivity contribution >= 4 is 23.2 Å². The first-order valence-corrected chi connectivity index (χ1v) is 7.94. The smallest absolute Gasteiger partial charge is 0.219 e. The molecule has 0 spiro atoms. The lowest BCUT2D eigenvalue weighted by Gasteiger charge is -2.34. The maximum absolute atomic E-state index is 6.41. The third-order valence-corrected chi connectivity index (χ3v) is 4.52. The summed E-state index contributed by atoms with van der Waals surface area (Å²) < 4.78 is 14.1. The fourth-order valence-electron chi connectivity index (χ4n) is 2.68. The quantitative estimate of drug-likeness (QED) is 0.847. The minimum atomic E-state index is -1.00. The Labute approximate surface area is 139 Å². The van der Waals surface area contributed by atoms with Crippen molar-refractivity contribution in [3.8, 4) is 0 Å². The predicted molar refractivity (Wildman–Crippen MR) is 84.0 cm³/mol. The van der Waals surface area contributed by atoms with Crippen LogP contribution in [0.3, 0.4) is 0 Å². The lowest BCUT2D eigenvalue weighted by molar-refractivity contribution is -0.207. The standard InChI is InChI=1S/C15H17Cl2N3O2/c1-3-12-7-21-15(22-12,10(2)20-9-18-8-19-20)13-5-4-11(16)6-14(13)17/h4-6,8-10,12H,3,7H2,1-2H3. The first kappa shape index (κ1) is 15.7. The SMILES string of the molecule is CCC1COC(c2ccc(Cl)cc2Cl)(C(C)n2cncn2)O1. The van der Waals surface area contributed by atoms with Crippen LogP contribution in [0.2, 0.25) is 10.0 Å². The van der Waals surface area contributed by atoms with Crippen LogP contribution in [0.25, 0.3) is 0 Å². The van der Waals surface area contributed by atoms with Crippen molar-refractivity contribution in [1.29, 1.82) is 0 Å². The molecule has 2 aromatic rings. The van der Waals surface area contributed by atoms with Crippen LogP contribution in [0.1, 0.15) is 31.9 Å². The number of nitrogens with zero attached hydrogens (tertiary/aromatic N) is 3. The Balaban J connectivity index is 2.07. The van der Waals surface area contributed by atoms with E-state index in [1.807, 2.05) is 13.0 Å². The van der Waals surface area contributed by atoms with Gasteiger partial charge in [0.15, 0.2) is 0 Å². The van der Waals surface area contributed by atoms with Crippen LogP contribution in [0.15, 0.2) is 30.9 Å². The molecule has 3 unspecified atom stereocenters. The molecule has 1 aromatic carbocycles. The molecule has 0 amide bonds. The van der Waals surface area contributed by atoms with E-state index >= 15 is 0 Å². The number of benzene rings is 1. The summed E-state index contributed by atoms with van der Waals surface area (Å²) in [4.78, 5) is 4.00. The largest absolute Gasteiger partial charge is 0.341 e. The minimum absolute atomic E-state index is 0.0118. The Morgan fingerprint density at radius 3 is 2.86 bits per heavy atom. The first-order valence-electron chi connectivity index (χ1n) is 7.18. The topological polar surface area (TPSA) is 49.2 Å². The molecule has 0 N–H and O–H groups in total. The molecule has 1 fully saturated rings. The van der Waals surface area contributed by atoms with E-state index in [-0.39, 0.29) is 12.1 Å². The number of ether oxygens (including phenoxy) is 2. The zero-order valence-electron chi connectivity index (χ0n) is 12.4. The Bertz CT molecular complexity index is 650. The van der Waals surface area contributed by atoms with E-state index in [1.54, 1.807) is 23.1 Å². The van der Waals surface area contributed by atoms with E-state index in [0.717, 1.165) is 12.0 Å². The molecule has 0 aliphatic carbocycles. The monoisotopic (exact) mass is 341 g/mol. The fraction of sp³-hybridized carbons (Fsp3) is 0.467. The van der Waals surface area contributed by atoms with E-state index in [1.165, 1.54) is 6.33 Å². The number of aromatic nitrogens is 3. The molecule has 0 saturated carbocycles. The highest BCUT2D eigenvalue weighted by Gasteiger charge is 2.49. The summed E-state index contributed by atoms with van der Waals surface area (Å²) in [6, 6.07) is 5.09. The van der Waals surface area contributed by atoms with Crippen LogP contribution in [0.5, 0.6) is 0 Å². The lowest BCUT2D eigenvalue weighted by Crippen LogP contribution is -2.38. The van der Waals surface area contributed by atoms with Gasteiger partial charge in [-0.2, -0.15) is 5.10 Å². The van der Waals surface area contributed by atoms with Gasteiger partial charge in [0.2, 0.25) is 5.79 Å². The average molecular weight is 342 g/mol. The Morgan fingerprint density at radius 2 is 2.27 bits per heavy atom. The predicted octanol–water partition coefficient (Wildman–Crippen LogP) is 3.82. The Morgan fingerprint density at radius 1 is 1.45 bits per heavy atom. The molecule has 2 heterocycles. The van der Waals surface area contributed by atoms with E-state index in [9.17, 15) is 0 Å². The van der Waals surface area contributed by atoms with E-state index in [2.05, 4.69) is 17.0 Å². The van der Waals surface area contributed by atoms with Crippen LogP contribution >= 0.6 is 23.2 Å². The molecule has 1 aliphatic rings. The molecule has 0 bridgehead atoms. The molecule has 1 aromatic heterocycles. The van der Waals surface area contributed by atoms with Crippen LogP contribution in [-0.2, 0) is 15.3 Å². The molecule has 118 valence electrons. The van der Waals surface area contributed by atoms with E-state index in [0.29, 0.717) is 16.7 Å². The summed E-state index contributed by atoms with van der Waals surface area (Å²) >= 11 is 12.4. The molecule has 22 heavy (non-hydrogen) atoms. The van der Waals surface area contributed by atoms with Crippen LogP contribution < -0.4 is 0 Å². The van der Waals surface area contributed by atoms with Crippen molar-refractivity contribution in [3.63, 3.8) is 0 Å². The van der Waals surface area contributed by atoms with Crippen molar-refractivity contribution in [2.45, 2.75) is 38.2 Å². The van der Waals surface area contributed by atoms with Crippen molar-refractivity contribution in [1.82, 2.24) is 14.8 Å². The van der Waals surface area contributed by atoms with Gasteiger partial charge in [-0.1, -0.05) is 36.2 Å². The number of hydrogen-bond donors (Lipinski definition) is 0. The second-order valence-corrected chi connectivity index (χ2v) is 6.15. The summed E-state index contributed by atoms with van der Waals surface area (Å²) in [6.07, 6.45) is 4.00. The van der Waals surface area contributed by atoms with Gasteiger partial charge >= 0.3 is 0 Å². The summed E-state index contributed by atoms with van der Waals surface area (Å²) in [6.45, 7) is 4.54. The van der Waals surface area contributed by atoms with Crippen molar-refractivity contribution < 1.29 is 9.47 Å². The van der Waals surface area contributed by atoms with Gasteiger partial charge in [0.25, 0.3) is 0 Å². The van der Waals surface area contributed by atoms with Gasteiger partial charge in [0.05, 0.1) is 17.7 Å². The third kappa shape index (κ3) is 2.63. The summed E-state index contributed by atoms with van der Waals surface area (Å²) in [5.74, 6) is -1.00. The van der Waals surface area contributed by atoms with E-state index in [4.69, 9.17) is 32.7 Å². The van der Waals surface area contributed by atoms with Crippen molar-refractivity contribution in [2.75, 3.05) is 6.61 Å². The van der Waals surface area contributed by atoms with Gasteiger partial charge in [-0.15, -0.1) is 0 Å². The van der Waals surface area contributed by atoms with Crippen LogP contribution in [0, 0.1) is 0 Å². The number of hydrogen-bond acceptors (Lipinski definition) is 4. The summed E-state index contributed by atoms with van der Waals surface area (Å²) in [5, 5.41) is 5.29. The molecule has 3 atom stereocenters. The molecule has 7 heteroatoms. The van der Waals surface area contributed by atoms with Gasteiger partial charge in [-0.05, 0) is 25.5 Å². The summed E-state index contributed by atoms with van der Waals surface area (Å²) in [5.41, 5.74) is 0.748. The van der Waals surface area contributed by atoms with Gasteiger partial charge in [-0.3, -0.25) is 0 Å². The van der Waals surface area contributed by atoms with Crippen LogP contribution in [-0.4, -0.2) is 27.5 Å². The number of rotatable bonds is 4. The van der Waals surface area contributed by atoms with Crippen molar-refractivity contribution in [2.24, 2.45) is 0 Å². The third-order valence-electron chi connectivity index (χ3n) is 3.97. The molecular weight excluding hydrogens is 325 g/mol. The second-order valence-electron chi connectivity index (χ2n) is 5.30. The van der Waals surface area contributed by atoms with Gasteiger partial charge < -0.3 is 9.47 Å². The Kier molecular flexibility index (Phi) is 4.41. The zero-order chi connectivity index (χ0) is 15.7. The average Bonchev–Trinajstić information content (AvgIpc) is 3.17. The molecule has 5 nitrogen and oxygen atoms in total. The highest BCUT2D eigenvalue weighted by molar-refractivity contribution is 6.35. The van der Waals surface area contributed by atoms with E-state index < -0.39 is 5.79 Å². The maximum atomic E-state index is 6.41. The minimum Gasteiger partial charge on any atom is -0.341 e. The second kappa shape index (κ2) is 6.16. The highest BCUT2D eigenvalue weighted by Crippen LogP contribution is 2.46. The molecule has 0 radical (unpaired) electrons. The number of halogens is 2. The maximum Gasteiger partial charge on any atom is 0.219 e. The molecule has 3 rings (SSSR count). The highest BCUT2D eigenvalue weighted by atomic mass is 35.5. The molecule has 1 aliphatic heterocycles.